The number of benzene rings is 2. The quantitative estimate of drug-likeness (QED) is 0.533. The van der Waals surface area contributed by atoms with Crippen LogP contribution in [-0.2, 0) is 15.7 Å². The molecule has 0 spiro atoms. The summed E-state index contributed by atoms with van der Waals surface area (Å²) in [4.78, 5) is 25.8. The standard InChI is InChI=1S/C26H30N4O2/c1-25(2)17-21(18-11-7-5-8-12-18)27-22-20(15-16-30(22)25)23(31)28-29-24(32)26(3,4)19-13-9-6-10-14-19/h5-16,21,27H,17H2,1-4H3,(H,28,31)(H,29,32). The average Bonchev–Trinajstić information content (AvgIpc) is 3.23. The molecule has 1 aliphatic rings. The predicted molar refractivity (Wildman–Crippen MR) is 126 cm³/mol. The molecule has 6 heteroatoms. The number of rotatable bonds is 4. The van der Waals surface area contributed by atoms with E-state index in [9.17, 15) is 9.59 Å². The van der Waals surface area contributed by atoms with Crippen LogP contribution in [0.5, 0.6) is 0 Å². The van der Waals surface area contributed by atoms with Crippen LogP contribution in [0.15, 0.2) is 72.9 Å². The number of fused-ring (bicyclic) bond motifs is 1. The van der Waals surface area contributed by atoms with Crippen LogP contribution >= 0.6 is 0 Å². The Morgan fingerprint density at radius 1 is 0.969 bits per heavy atom. The van der Waals surface area contributed by atoms with Crippen LogP contribution in [0.1, 0.15) is 61.6 Å². The smallest absolute Gasteiger partial charge is 0.273 e. The third-order valence-corrected chi connectivity index (χ3v) is 6.35. The summed E-state index contributed by atoms with van der Waals surface area (Å²) >= 11 is 0. The number of anilines is 1. The summed E-state index contributed by atoms with van der Waals surface area (Å²) in [5.74, 6) is 0.123. The number of carbonyl (C=O) groups excluding carboxylic acids is 2. The first-order chi connectivity index (χ1) is 15.2. The first-order valence-electron chi connectivity index (χ1n) is 10.9. The van der Waals surface area contributed by atoms with Gasteiger partial charge in [0.05, 0.1) is 17.0 Å². The zero-order valence-electron chi connectivity index (χ0n) is 19.0. The van der Waals surface area contributed by atoms with Gasteiger partial charge in [-0.3, -0.25) is 20.4 Å². The van der Waals surface area contributed by atoms with E-state index in [1.54, 1.807) is 6.07 Å². The number of carbonyl (C=O) groups is 2. The highest BCUT2D eigenvalue weighted by Gasteiger charge is 2.36. The Labute approximate surface area is 189 Å². The summed E-state index contributed by atoms with van der Waals surface area (Å²) in [5, 5.41) is 3.53. The van der Waals surface area contributed by atoms with Crippen molar-refractivity contribution in [3.63, 3.8) is 0 Å². The summed E-state index contributed by atoms with van der Waals surface area (Å²) in [6, 6.07) is 21.6. The molecular weight excluding hydrogens is 400 g/mol. The van der Waals surface area contributed by atoms with Crippen molar-refractivity contribution in [2.75, 3.05) is 5.32 Å². The van der Waals surface area contributed by atoms with Crippen molar-refractivity contribution in [3.8, 4) is 0 Å². The minimum atomic E-state index is -0.784. The molecule has 3 N–H and O–H groups in total. The van der Waals surface area contributed by atoms with Crippen LogP contribution in [-0.4, -0.2) is 16.4 Å². The van der Waals surface area contributed by atoms with Crippen molar-refractivity contribution >= 4 is 17.6 Å². The van der Waals surface area contributed by atoms with Gasteiger partial charge in [-0.25, -0.2) is 0 Å². The molecule has 2 aromatic carbocycles. The van der Waals surface area contributed by atoms with E-state index in [2.05, 4.69) is 46.7 Å². The lowest BCUT2D eigenvalue weighted by atomic mass is 9.84. The van der Waals surface area contributed by atoms with Crippen molar-refractivity contribution in [3.05, 3.63) is 89.6 Å². The van der Waals surface area contributed by atoms with E-state index in [4.69, 9.17) is 0 Å². The van der Waals surface area contributed by atoms with Crippen LogP contribution in [0.3, 0.4) is 0 Å². The van der Waals surface area contributed by atoms with E-state index >= 15 is 0 Å². The fourth-order valence-electron chi connectivity index (χ4n) is 4.29. The number of hydrazine groups is 1. The maximum atomic E-state index is 13.0. The summed E-state index contributed by atoms with van der Waals surface area (Å²) in [6.07, 6.45) is 2.82. The molecule has 0 radical (unpaired) electrons. The number of amides is 2. The topological polar surface area (TPSA) is 75.2 Å². The maximum absolute atomic E-state index is 13.0. The summed E-state index contributed by atoms with van der Waals surface area (Å²) < 4.78 is 2.09. The lowest BCUT2D eigenvalue weighted by Gasteiger charge is -2.40. The van der Waals surface area contributed by atoms with Crippen LogP contribution in [0.25, 0.3) is 0 Å². The van der Waals surface area contributed by atoms with Gasteiger partial charge in [0.25, 0.3) is 5.91 Å². The van der Waals surface area contributed by atoms with Gasteiger partial charge in [0.2, 0.25) is 5.91 Å². The van der Waals surface area contributed by atoms with E-state index in [1.165, 1.54) is 5.56 Å². The highest BCUT2D eigenvalue weighted by Crippen LogP contribution is 2.40. The Bertz CT molecular complexity index is 1120. The predicted octanol–water partition coefficient (Wildman–Crippen LogP) is 4.52. The van der Waals surface area contributed by atoms with Gasteiger partial charge in [0, 0.05) is 11.7 Å². The molecule has 1 atom stereocenters. The second-order valence-electron chi connectivity index (χ2n) is 9.47. The molecule has 1 unspecified atom stereocenters. The van der Waals surface area contributed by atoms with E-state index in [-0.39, 0.29) is 23.4 Å². The number of aromatic nitrogens is 1. The zero-order chi connectivity index (χ0) is 22.9. The molecule has 32 heavy (non-hydrogen) atoms. The van der Waals surface area contributed by atoms with Crippen LogP contribution in [0.4, 0.5) is 5.82 Å². The van der Waals surface area contributed by atoms with E-state index in [1.807, 2.05) is 68.6 Å². The number of nitrogens with one attached hydrogen (secondary N) is 3. The van der Waals surface area contributed by atoms with Gasteiger partial charge < -0.3 is 9.88 Å². The SMILES string of the molecule is CC(C)(C(=O)NNC(=O)c1ccn2c1NC(c1ccccc1)CC2(C)C)c1ccccc1. The van der Waals surface area contributed by atoms with Gasteiger partial charge in [-0.05, 0) is 51.3 Å². The van der Waals surface area contributed by atoms with Crippen LogP contribution in [0.2, 0.25) is 0 Å². The lowest BCUT2D eigenvalue weighted by Crippen LogP contribution is -2.49. The van der Waals surface area contributed by atoms with E-state index < -0.39 is 5.41 Å². The molecule has 0 fully saturated rings. The van der Waals surface area contributed by atoms with Crippen molar-refractivity contribution in [2.45, 2.75) is 51.1 Å². The minimum absolute atomic E-state index is 0.0896. The molecular formula is C26H30N4O2. The molecule has 2 amide bonds. The van der Waals surface area contributed by atoms with Crippen molar-refractivity contribution < 1.29 is 9.59 Å². The summed E-state index contributed by atoms with van der Waals surface area (Å²) in [5.41, 5.74) is 6.80. The highest BCUT2D eigenvalue weighted by molar-refractivity contribution is 6.00. The van der Waals surface area contributed by atoms with Crippen LogP contribution < -0.4 is 16.2 Å². The number of hydrogen-bond donors (Lipinski definition) is 3. The molecule has 0 aliphatic carbocycles. The molecule has 3 aromatic rings. The molecule has 6 nitrogen and oxygen atoms in total. The van der Waals surface area contributed by atoms with Gasteiger partial charge in [-0.1, -0.05) is 60.7 Å². The van der Waals surface area contributed by atoms with Crippen molar-refractivity contribution in [1.29, 1.82) is 0 Å². The second-order valence-corrected chi connectivity index (χ2v) is 9.47. The minimum Gasteiger partial charge on any atom is -0.364 e. The fraction of sp³-hybridized carbons (Fsp3) is 0.308. The molecule has 2 heterocycles. The van der Waals surface area contributed by atoms with Gasteiger partial charge in [-0.2, -0.15) is 0 Å². The average molecular weight is 431 g/mol. The van der Waals surface area contributed by atoms with E-state index in [0.717, 1.165) is 17.8 Å². The molecule has 166 valence electrons. The number of hydrogen-bond acceptors (Lipinski definition) is 3. The monoisotopic (exact) mass is 430 g/mol. The second kappa shape index (κ2) is 8.19. The Kier molecular flexibility index (Phi) is 5.55. The molecule has 0 bridgehead atoms. The zero-order valence-corrected chi connectivity index (χ0v) is 19.0. The van der Waals surface area contributed by atoms with Crippen molar-refractivity contribution in [2.24, 2.45) is 0 Å². The van der Waals surface area contributed by atoms with Gasteiger partial charge in [-0.15, -0.1) is 0 Å². The first kappa shape index (κ1) is 21.7. The normalized spacial score (nSPS) is 17.1. The molecule has 1 aliphatic heterocycles. The summed E-state index contributed by atoms with van der Waals surface area (Å²) in [7, 11) is 0. The first-order valence-corrected chi connectivity index (χ1v) is 10.9. The van der Waals surface area contributed by atoms with E-state index in [0.29, 0.717) is 5.56 Å². The Morgan fingerprint density at radius 2 is 1.59 bits per heavy atom. The molecule has 1 aromatic heterocycles. The van der Waals surface area contributed by atoms with Gasteiger partial charge in [0.1, 0.15) is 5.82 Å². The largest absolute Gasteiger partial charge is 0.364 e. The molecule has 4 rings (SSSR count). The molecule has 0 saturated carbocycles. The third kappa shape index (κ3) is 4.00. The molecule has 0 saturated heterocycles. The Hall–Kier alpha value is -3.54. The Balaban J connectivity index is 1.51. The maximum Gasteiger partial charge on any atom is 0.273 e. The summed E-state index contributed by atoms with van der Waals surface area (Å²) in [6.45, 7) is 8.00. The van der Waals surface area contributed by atoms with Crippen LogP contribution in [0, 0.1) is 0 Å². The fourth-order valence-corrected chi connectivity index (χ4v) is 4.29. The van der Waals surface area contributed by atoms with Gasteiger partial charge >= 0.3 is 0 Å². The number of nitrogens with zero attached hydrogens (tertiary/aromatic N) is 1. The Morgan fingerprint density at radius 3 is 2.25 bits per heavy atom. The lowest BCUT2D eigenvalue weighted by molar-refractivity contribution is -0.126. The van der Waals surface area contributed by atoms with Gasteiger partial charge in [0.15, 0.2) is 0 Å². The van der Waals surface area contributed by atoms with Crippen molar-refractivity contribution in [1.82, 2.24) is 15.4 Å². The highest BCUT2D eigenvalue weighted by atomic mass is 16.2. The third-order valence-electron chi connectivity index (χ3n) is 6.35.